The molecule has 0 saturated heterocycles. The molecule has 11 heteroatoms. The van der Waals surface area contributed by atoms with Crippen molar-refractivity contribution in [3.63, 3.8) is 0 Å². The smallest absolute Gasteiger partial charge is 0.329 e. The molecule has 3 rings (SSSR count). The fourth-order valence-electron chi connectivity index (χ4n) is 3.60. The van der Waals surface area contributed by atoms with Gasteiger partial charge in [0.1, 0.15) is 5.82 Å². The van der Waals surface area contributed by atoms with Gasteiger partial charge in [0.25, 0.3) is 5.91 Å². The molecule has 0 unspecified atom stereocenters. The number of carbonyl (C=O) groups is 3. The first-order valence-corrected chi connectivity index (χ1v) is 12.1. The molecule has 0 aliphatic rings. The Hall–Kier alpha value is -4.25. The highest BCUT2D eigenvalue weighted by Gasteiger charge is 2.16. The average Bonchev–Trinajstić information content (AvgIpc) is 2.86. The van der Waals surface area contributed by atoms with Crippen molar-refractivity contribution >= 4 is 51.2 Å². The van der Waals surface area contributed by atoms with Crippen LogP contribution in [0, 0.1) is 26.6 Å². The van der Waals surface area contributed by atoms with Crippen LogP contribution >= 0.6 is 15.9 Å². The summed E-state index contributed by atoms with van der Waals surface area (Å²) in [5, 5.41) is 8.80. The van der Waals surface area contributed by atoms with Gasteiger partial charge in [-0.15, -0.1) is 0 Å². The summed E-state index contributed by atoms with van der Waals surface area (Å²) in [6.07, 6.45) is 1.28. The molecule has 3 amide bonds. The molecule has 198 valence electrons. The van der Waals surface area contributed by atoms with E-state index in [9.17, 15) is 18.8 Å². The van der Waals surface area contributed by atoms with E-state index in [1.54, 1.807) is 12.1 Å². The summed E-state index contributed by atoms with van der Waals surface area (Å²) in [5.74, 6) is -2.57. The summed E-state index contributed by atoms with van der Waals surface area (Å²) in [7, 11) is 1.43. The predicted molar refractivity (Wildman–Crippen MR) is 146 cm³/mol. The molecule has 0 spiro atoms. The van der Waals surface area contributed by atoms with Crippen LogP contribution < -0.4 is 25.5 Å². The molecule has 0 radical (unpaired) electrons. The molecule has 0 aliphatic carbocycles. The lowest BCUT2D eigenvalue weighted by Gasteiger charge is -2.15. The van der Waals surface area contributed by atoms with Crippen LogP contribution in [0.4, 0.5) is 15.8 Å². The summed E-state index contributed by atoms with van der Waals surface area (Å²) in [6.45, 7) is 5.58. The number of anilines is 2. The number of nitrogens with zero attached hydrogens (tertiary/aromatic N) is 1. The van der Waals surface area contributed by atoms with Gasteiger partial charge in [0, 0.05) is 5.69 Å². The normalized spacial score (nSPS) is 10.7. The maximum absolute atomic E-state index is 13.6. The second kappa shape index (κ2) is 12.8. The molecule has 3 aromatic carbocycles. The van der Waals surface area contributed by atoms with Gasteiger partial charge < -0.3 is 20.1 Å². The number of nitrogens with one attached hydrogen (secondary N) is 3. The monoisotopic (exact) mass is 584 g/mol. The number of benzene rings is 3. The topological polar surface area (TPSA) is 118 Å². The van der Waals surface area contributed by atoms with Gasteiger partial charge in [0.15, 0.2) is 18.1 Å². The first-order valence-electron chi connectivity index (χ1n) is 11.4. The zero-order chi connectivity index (χ0) is 27.8. The first-order chi connectivity index (χ1) is 18.1. The van der Waals surface area contributed by atoms with Crippen molar-refractivity contribution in [3.8, 4) is 11.5 Å². The van der Waals surface area contributed by atoms with Crippen molar-refractivity contribution < 1.29 is 28.2 Å². The minimum atomic E-state index is -1.08. The molecular weight excluding hydrogens is 559 g/mol. The van der Waals surface area contributed by atoms with Crippen LogP contribution in [-0.2, 0) is 14.4 Å². The van der Waals surface area contributed by atoms with Crippen LogP contribution in [0.5, 0.6) is 11.5 Å². The summed E-state index contributed by atoms with van der Waals surface area (Å²) < 4.78 is 25.2. The zero-order valence-electron chi connectivity index (χ0n) is 21.1. The SMILES string of the molecule is COc1cc(/C=N\NC(=O)C(=O)Nc2ccccc2F)cc(Br)c1OCC(=O)Nc1c(C)cc(C)cc1C. The van der Waals surface area contributed by atoms with Crippen molar-refractivity contribution in [2.45, 2.75) is 20.8 Å². The lowest BCUT2D eigenvalue weighted by Crippen LogP contribution is -2.32. The van der Waals surface area contributed by atoms with E-state index >= 15 is 0 Å². The van der Waals surface area contributed by atoms with E-state index in [0.29, 0.717) is 21.5 Å². The van der Waals surface area contributed by atoms with E-state index < -0.39 is 17.6 Å². The second-order valence-corrected chi connectivity index (χ2v) is 9.13. The first kappa shape index (κ1) is 28.3. The number of rotatable bonds is 8. The van der Waals surface area contributed by atoms with Gasteiger partial charge in [-0.3, -0.25) is 14.4 Å². The maximum atomic E-state index is 13.6. The third-order valence-corrected chi connectivity index (χ3v) is 5.84. The van der Waals surface area contributed by atoms with Gasteiger partial charge in [-0.05, 0) is 77.7 Å². The van der Waals surface area contributed by atoms with Crippen molar-refractivity contribution in [1.29, 1.82) is 0 Å². The highest BCUT2D eigenvalue weighted by molar-refractivity contribution is 9.10. The summed E-state index contributed by atoms with van der Waals surface area (Å²) in [4.78, 5) is 36.5. The lowest BCUT2D eigenvalue weighted by molar-refractivity contribution is -0.136. The Kier molecular flexibility index (Phi) is 9.55. The van der Waals surface area contributed by atoms with Crippen LogP contribution in [0.25, 0.3) is 0 Å². The van der Waals surface area contributed by atoms with Gasteiger partial charge >= 0.3 is 11.8 Å². The lowest BCUT2D eigenvalue weighted by atomic mass is 10.1. The van der Waals surface area contributed by atoms with E-state index in [2.05, 4.69) is 37.1 Å². The summed E-state index contributed by atoms with van der Waals surface area (Å²) in [5.41, 5.74) is 6.20. The number of hydrogen-bond acceptors (Lipinski definition) is 6. The molecule has 3 aromatic rings. The minimum absolute atomic E-state index is 0.126. The number of methoxy groups -OCH3 is 1. The molecule has 38 heavy (non-hydrogen) atoms. The molecule has 0 fully saturated rings. The van der Waals surface area contributed by atoms with E-state index in [1.165, 1.54) is 31.5 Å². The summed E-state index contributed by atoms with van der Waals surface area (Å²) in [6, 6.07) is 12.6. The van der Waals surface area contributed by atoms with Gasteiger partial charge in [-0.1, -0.05) is 29.8 Å². The fraction of sp³-hybridized carbons (Fsp3) is 0.185. The highest BCUT2D eigenvalue weighted by atomic mass is 79.9. The number of hydrazone groups is 1. The third kappa shape index (κ3) is 7.39. The van der Waals surface area contributed by atoms with E-state index in [0.717, 1.165) is 28.4 Å². The molecular formula is C27H26BrFN4O5. The molecule has 0 bridgehead atoms. The molecule has 9 nitrogen and oxygen atoms in total. The largest absolute Gasteiger partial charge is 0.493 e. The van der Waals surface area contributed by atoms with Gasteiger partial charge in [0.2, 0.25) is 0 Å². The quantitative estimate of drug-likeness (QED) is 0.203. The molecule has 0 aliphatic heterocycles. The van der Waals surface area contributed by atoms with Crippen molar-refractivity contribution in [2.75, 3.05) is 24.4 Å². The Morgan fingerprint density at radius 2 is 1.68 bits per heavy atom. The molecule has 0 atom stereocenters. The van der Waals surface area contributed by atoms with E-state index in [4.69, 9.17) is 9.47 Å². The van der Waals surface area contributed by atoms with Crippen molar-refractivity contribution in [3.05, 3.63) is 81.1 Å². The van der Waals surface area contributed by atoms with Crippen LogP contribution in [0.1, 0.15) is 22.3 Å². The standard InChI is InChI=1S/C27H26BrFN4O5/c1-15-9-16(2)24(17(3)10-15)32-23(34)14-38-25-19(28)11-18(12-22(25)37-4)13-30-33-27(36)26(35)31-21-8-6-5-7-20(21)29/h5-13H,14H2,1-4H3,(H,31,35)(H,32,34)(H,33,36)/b30-13-. The Labute approximate surface area is 227 Å². The van der Waals surface area contributed by atoms with Crippen LogP contribution in [0.3, 0.4) is 0 Å². The number of hydrogen-bond donors (Lipinski definition) is 3. The zero-order valence-corrected chi connectivity index (χ0v) is 22.7. The van der Waals surface area contributed by atoms with Crippen LogP contribution in [0.2, 0.25) is 0 Å². The van der Waals surface area contributed by atoms with Crippen LogP contribution in [0.15, 0.2) is 58.1 Å². The second-order valence-electron chi connectivity index (χ2n) is 8.28. The van der Waals surface area contributed by atoms with Gasteiger partial charge in [-0.2, -0.15) is 5.10 Å². The number of carbonyl (C=O) groups excluding carboxylic acids is 3. The predicted octanol–water partition coefficient (Wildman–Crippen LogP) is 4.63. The minimum Gasteiger partial charge on any atom is -0.493 e. The van der Waals surface area contributed by atoms with Gasteiger partial charge in [0.05, 0.1) is 23.5 Å². The number of ether oxygens (including phenoxy) is 2. The van der Waals surface area contributed by atoms with Crippen molar-refractivity contribution in [1.82, 2.24) is 5.43 Å². The van der Waals surface area contributed by atoms with E-state index in [1.807, 2.05) is 32.9 Å². The van der Waals surface area contributed by atoms with Crippen molar-refractivity contribution in [2.24, 2.45) is 5.10 Å². The summed E-state index contributed by atoms with van der Waals surface area (Å²) >= 11 is 3.39. The number of halogens is 2. The van der Waals surface area contributed by atoms with E-state index in [-0.39, 0.29) is 18.2 Å². The maximum Gasteiger partial charge on any atom is 0.329 e. The molecule has 3 N–H and O–H groups in total. The average molecular weight is 585 g/mol. The highest BCUT2D eigenvalue weighted by Crippen LogP contribution is 2.36. The molecule has 0 heterocycles. The number of amides is 3. The Morgan fingerprint density at radius 1 is 1.00 bits per heavy atom. The Bertz CT molecular complexity index is 1390. The van der Waals surface area contributed by atoms with Crippen LogP contribution in [-0.4, -0.2) is 37.7 Å². The third-order valence-electron chi connectivity index (χ3n) is 5.25. The number of aryl methyl sites for hydroxylation is 3. The molecule has 0 aromatic heterocycles. The Balaban J connectivity index is 1.61. The number of para-hydroxylation sites is 1. The van der Waals surface area contributed by atoms with Gasteiger partial charge in [-0.25, -0.2) is 9.82 Å². The Morgan fingerprint density at radius 3 is 2.34 bits per heavy atom. The molecule has 0 saturated carbocycles. The fourth-order valence-corrected chi connectivity index (χ4v) is 4.18.